The van der Waals surface area contributed by atoms with Gasteiger partial charge in [-0.15, -0.1) is 5.10 Å². The summed E-state index contributed by atoms with van der Waals surface area (Å²) in [5, 5.41) is 10.9. The Morgan fingerprint density at radius 2 is 1.52 bits per heavy atom. The van der Waals surface area contributed by atoms with Crippen LogP contribution in [0.4, 0.5) is 11.9 Å². The molecule has 9 heteroatoms. The highest BCUT2D eigenvalue weighted by Gasteiger charge is 2.18. The minimum atomic E-state index is -0.309. The quantitative estimate of drug-likeness (QED) is 0.282. The van der Waals surface area contributed by atoms with Crippen molar-refractivity contribution in [3.8, 4) is 5.75 Å². The van der Waals surface area contributed by atoms with Gasteiger partial charge in [-0.05, 0) is 53.6 Å². The van der Waals surface area contributed by atoms with Crippen molar-refractivity contribution in [3.05, 3.63) is 98.4 Å². The normalized spacial score (nSPS) is 10.6. The highest BCUT2D eigenvalue weighted by molar-refractivity contribution is 9.10. The number of benzene rings is 3. The summed E-state index contributed by atoms with van der Waals surface area (Å²) in [7, 11) is 1.56. The Kier molecular flexibility index (Phi) is 7.41. The van der Waals surface area contributed by atoms with E-state index < -0.39 is 0 Å². The largest absolute Gasteiger partial charge is 0.497 e. The van der Waals surface area contributed by atoms with Crippen LogP contribution in [0.15, 0.2) is 81.7 Å². The number of rotatable bonds is 8. The Balaban J connectivity index is 1.57. The number of hydrogen-bond donors (Lipinski definition) is 2. The molecule has 0 radical (unpaired) electrons. The van der Waals surface area contributed by atoms with Gasteiger partial charge in [0.05, 0.1) is 7.11 Å². The molecule has 4 aromatic rings. The monoisotopic (exact) mass is 569 g/mol. The molecule has 0 bridgehead atoms. The van der Waals surface area contributed by atoms with Crippen molar-refractivity contribution in [2.75, 3.05) is 17.7 Å². The van der Waals surface area contributed by atoms with E-state index in [1.54, 1.807) is 31.4 Å². The lowest BCUT2D eigenvalue weighted by molar-refractivity contribution is 0.0947. The Morgan fingerprint density at radius 1 is 0.909 bits per heavy atom. The third-order valence-electron chi connectivity index (χ3n) is 4.84. The smallest absolute Gasteiger partial charge is 0.281 e. The van der Waals surface area contributed by atoms with Crippen LogP contribution in [0.2, 0.25) is 0 Å². The van der Waals surface area contributed by atoms with Crippen LogP contribution < -0.4 is 15.4 Å². The lowest BCUT2D eigenvalue weighted by atomic mass is 10.2. The topological polar surface area (TPSA) is 81.1 Å². The molecule has 1 aromatic heterocycles. The number of carbonyl (C=O) groups is 1. The summed E-state index contributed by atoms with van der Waals surface area (Å²) in [6.07, 6.45) is 0. The van der Waals surface area contributed by atoms with E-state index in [4.69, 9.17) is 4.74 Å². The summed E-state index contributed by atoms with van der Waals surface area (Å²) in [6, 6.07) is 22.8. The van der Waals surface area contributed by atoms with Gasteiger partial charge < -0.3 is 15.4 Å². The summed E-state index contributed by atoms with van der Waals surface area (Å²) < 4.78 is 8.54. The maximum atomic E-state index is 13.2. The molecule has 0 aliphatic rings. The molecule has 0 saturated carbocycles. The van der Waals surface area contributed by atoms with Crippen molar-refractivity contribution in [1.82, 2.24) is 14.8 Å². The maximum absolute atomic E-state index is 13.2. The number of carbonyl (C=O) groups excluding carboxylic acids is 1. The first-order valence-corrected chi connectivity index (χ1v) is 11.7. The molecule has 0 atom stereocenters. The number of nitrogens with one attached hydrogen (secondary N) is 2. The first-order chi connectivity index (χ1) is 16.0. The minimum absolute atomic E-state index is 0.309. The van der Waals surface area contributed by atoms with Crippen LogP contribution in [-0.2, 0) is 13.1 Å². The van der Waals surface area contributed by atoms with E-state index in [-0.39, 0.29) is 5.91 Å². The zero-order valence-corrected chi connectivity index (χ0v) is 20.9. The van der Waals surface area contributed by atoms with Gasteiger partial charge in [0.15, 0.2) is 0 Å². The Labute approximate surface area is 208 Å². The Bertz CT molecular complexity index is 1240. The third-order valence-corrected chi connectivity index (χ3v) is 5.90. The SMILES string of the molecule is COc1cccc(C(=O)n2nc(NCc3ccc(Br)cc3)nc2NCc2ccc(Br)cc2)c1. The van der Waals surface area contributed by atoms with E-state index in [9.17, 15) is 4.79 Å². The molecule has 168 valence electrons. The van der Waals surface area contributed by atoms with Gasteiger partial charge >= 0.3 is 0 Å². The van der Waals surface area contributed by atoms with Crippen LogP contribution in [0.5, 0.6) is 5.75 Å². The third kappa shape index (κ3) is 6.00. The summed E-state index contributed by atoms with van der Waals surface area (Å²) in [5.74, 6) is 0.992. The fourth-order valence-corrected chi connectivity index (χ4v) is 3.62. The van der Waals surface area contributed by atoms with E-state index in [1.807, 2.05) is 48.5 Å². The molecule has 3 aromatic carbocycles. The molecule has 4 rings (SSSR count). The molecule has 0 saturated heterocycles. The predicted molar refractivity (Wildman–Crippen MR) is 136 cm³/mol. The minimum Gasteiger partial charge on any atom is -0.497 e. The molecular weight excluding hydrogens is 550 g/mol. The van der Waals surface area contributed by atoms with Crippen molar-refractivity contribution in [3.63, 3.8) is 0 Å². The molecule has 2 N–H and O–H groups in total. The van der Waals surface area contributed by atoms with Crippen molar-refractivity contribution in [2.45, 2.75) is 13.1 Å². The van der Waals surface area contributed by atoms with E-state index in [0.29, 0.717) is 36.3 Å². The van der Waals surface area contributed by atoms with Crippen LogP contribution in [0, 0.1) is 0 Å². The fraction of sp³-hybridized carbons (Fsp3) is 0.125. The van der Waals surface area contributed by atoms with Crippen LogP contribution in [0.1, 0.15) is 21.5 Å². The first kappa shape index (κ1) is 23.0. The van der Waals surface area contributed by atoms with Gasteiger partial charge in [0, 0.05) is 27.6 Å². The molecule has 7 nitrogen and oxygen atoms in total. The second-order valence-corrected chi connectivity index (χ2v) is 9.00. The molecule has 0 aliphatic carbocycles. The van der Waals surface area contributed by atoms with Gasteiger partial charge in [-0.2, -0.15) is 9.67 Å². The van der Waals surface area contributed by atoms with Crippen LogP contribution in [0.25, 0.3) is 0 Å². The number of ether oxygens (including phenoxy) is 1. The number of aromatic nitrogens is 3. The van der Waals surface area contributed by atoms with Gasteiger partial charge in [-0.25, -0.2) is 0 Å². The number of halogens is 2. The van der Waals surface area contributed by atoms with Crippen LogP contribution in [-0.4, -0.2) is 27.8 Å². The zero-order chi connectivity index (χ0) is 23.2. The van der Waals surface area contributed by atoms with Gasteiger partial charge in [-0.1, -0.05) is 62.2 Å². The average Bonchev–Trinajstić information content (AvgIpc) is 3.26. The van der Waals surface area contributed by atoms with Crippen LogP contribution in [0.3, 0.4) is 0 Å². The van der Waals surface area contributed by atoms with Gasteiger partial charge in [0.25, 0.3) is 5.91 Å². The lowest BCUT2D eigenvalue weighted by Gasteiger charge is -2.08. The Hall–Kier alpha value is -3.17. The van der Waals surface area contributed by atoms with Gasteiger partial charge in [-0.3, -0.25) is 4.79 Å². The summed E-state index contributed by atoms with van der Waals surface area (Å²) in [5.41, 5.74) is 2.56. The number of methoxy groups -OCH3 is 1. The van der Waals surface area contributed by atoms with E-state index in [2.05, 4.69) is 52.6 Å². The van der Waals surface area contributed by atoms with Gasteiger partial charge in [0.1, 0.15) is 5.75 Å². The molecule has 0 aliphatic heterocycles. The first-order valence-electron chi connectivity index (χ1n) is 10.1. The number of hydrogen-bond acceptors (Lipinski definition) is 6. The van der Waals surface area contributed by atoms with E-state index in [0.717, 1.165) is 20.1 Å². The maximum Gasteiger partial charge on any atom is 0.281 e. The number of nitrogens with zero attached hydrogens (tertiary/aromatic N) is 3. The molecule has 33 heavy (non-hydrogen) atoms. The van der Waals surface area contributed by atoms with Crippen molar-refractivity contribution >= 4 is 49.7 Å². The van der Waals surface area contributed by atoms with Gasteiger partial charge in [0.2, 0.25) is 11.9 Å². The van der Waals surface area contributed by atoms with Crippen molar-refractivity contribution < 1.29 is 9.53 Å². The summed E-state index contributed by atoms with van der Waals surface area (Å²) in [6.45, 7) is 1.01. The zero-order valence-electron chi connectivity index (χ0n) is 17.8. The highest BCUT2D eigenvalue weighted by atomic mass is 79.9. The predicted octanol–water partition coefficient (Wildman–Crippen LogP) is 5.72. The molecular formula is C24H21Br2N5O2. The standard InChI is InChI=1S/C24H21Br2N5O2/c1-33-21-4-2-3-18(13-21)22(32)31-24(28-15-17-7-11-20(26)12-8-17)29-23(30-31)27-14-16-5-9-19(25)10-6-16/h2-13H,14-15H2,1H3,(H2,27,28,29,30). The molecule has 0 spiro atoms. The summed E-state index contributed by atoms with van der Waals surface area (Å²) in [4.78, 5) is 17.8. The highest BCUT2D eigenvalue weighted by Crippen LogP contribution is 2.19. The number of anilines is 2. The molecule has 0 fully saturated rings. The molecule has 1 heterocycles. The fourth-order valence-electron chi connectivity index (χ4n) is 3.09. The van der Waals surface area contributed by atoms with Crippen molar-refractivity contribution in [2.24, 2.45) is 0 Å². The van der Waals surface area contributed by atoms with E-state index in [1.165, 1.54) is 4.68 Å². The average molecular weight is 571 g/mol. The molecule has 0 amide bonds. The van der Waals surface area contributed by atoms with Crippen molar-refractivity contribution in [1.29, 1.82) is 0 Å². The van der Waals surface area contributed by atoms with E-state index >= 15 is 0 Å². The van der Waals surface area contributed by atoms with Crippen LogP contribution >= 0.6 is 31.9 Å². The summed E-state index contributed by atoms with van der Waals surface area (Å²) >= 11 is 6.88. The Morgan fingerprint density at radius 3 is 2.12 bits per heavy atom. The molecule has 0 unspecified atom stereocenters. The second kappa shape index (κ2) is 10.6. The second-order valence-electron chi connectivity index (χ2n) is 7.17. The lowest BCUT2D eigenvalue weighted by Crippen LogP contribution is -2.17.